The summed E-state index contributed by atoms with van der Waals surface area (Å²) in [6.45, 7) is 10.7. The Labute approximate surface area is 137 Å². The first kappa shape index (κ1) is 17.2. The van der Waals surface area contributed by atoms with Crippen molar-refractivity contribution in [3.63, 3.8) is 0 Å². The van der Waals surface area contributed by atoms with Crippen molar-refractivity contribution in [2.24, 2.45) is 11.3 Å². The second-order valence-electron chi connectivity index (χ2n) is 7.23. The molecule has 0 spiro atoms. The second-order valence-corrected chi connectivity index (χ2v) is 7.23. The molecular weight excluding hydrogens is 290 g/mol. The number of aromatic amines is 1. The van der Waals surface area contributed by atoms with E-state index in [0.717, 1.165) is 16.6 Å². The number of fused-ring (bicyclic) bond motifs is 1. The minimum atomic E-state index is 0.0169. The predicted octanol–water partition coefficient (Wildman–Crippen LogP) is 3.71. The smallest absolute Gasteiger partial charge is 0.226 e. The normalized spacial score (nSPS) is 12.4. The van der Waals surface area contributed by atoms with Crippen LogP contribution in [0.5, 0.6) is 5.88 Å². The van der Waals surface area contributed by atoms with E-state index in [1.54, 1.807) is 6.08 Å². The Bertz CT molecular complexity index is 709. The molecule has 0 aliphatic carbocycles. The lowest BCUT2D eigenvalue weighted by Crippen LogP contribution is -2.17. The Balaban J connectivity index is 2.22. The number of carbonyl (C=O) groups excluding carboxylic acids is 1. The molecule has 23 heavy (non-hydrogen) atoms. The van der Waals surface area contributed by atoms with E-state index >= 15 is 0 Å². The van der Waals surface area contributed by atoms with Gasteiger partial charge in [0.1, 0.15) is 12.0 Å². The number of allylic oxidation sites excluding steroid dienone is 2. The van der Waals surface area contributed by atoms with Gasteiger partial charge in [-0.1, -0.05) is 40.7 Å². The number of H-pyrrole nitrogens is 1. The zero-order chi connectivity index (χ0) is 17.0. The van der Waals surface area contributed by atoms with Crippen LogP contribution in [0.3, 0.4) is 0 Å². The van der Waals surface area contributed by atoms with E-state index in [4.69, 9.17) is 4.74 Å². The van der Waals surface area contributed by atoms with E-state index < -0.39 is 0 Å². The number of nitrogens with one attached hydrogen (secondary N) is 1. The SMILES string of the molecule is CC(C)C(=O)/C=C/Cc1c[nH]c2ncnc(OCC(C)(C)C)c12. The van der Waals surface area contributed by atoms with Gasteiger partial charge in [0, 0.05) is 12.1 Å². The van der Waals surface area contributed by atoms with Crippen molar-refractivity contribution < 1.29 is 9.53 Å². The van der Waals surface area contributed by atoms with Gasteiger partial charge in [0.25, 0.3) is 0 Å². The van der Waals surface area contributed by atoms with E-state index in [1.807, 2.05) is 26.1 Å². The zero-order valence-corrected chi connectivity index (χ0v) is 14.5. The Hall–Kier alpha value is -2.17. The standard InChI is InChI=1S/C18H25N3O2/c1-12(2)14(22)8-6-7-13-9-19-16-15(13)17(21-11-20-16)23-10-18(3,4)5/h6,8-9,11-12H,7,10H2,1-5H3,(H,19,20,21)/b8-6+. The number of rotatable bonds is 6. The fourth-order valence-electron chi connectivity index (χ4n) is 2.05. The molecule has 0 atom stereocenters. The maximum atomic E-state index is 11.7. The molecule has 2 rings (SSSR count). The van der Waals surface area contributed by atoms with Crippen LogP contribution in [0.1, 0.15) is 40.2 Å². The third kappa shape index (κ3) is 4.65. The molecule has 1 N–H and O–H groups in total. The van der Waals surface area contributed by atoms with E-state index in [2.05, 4.69) is 35.7 Å². The summed E-state index contributed by atoms with van der Waals surface area (Å²) in [4.78, 5) is 23.3. The van der Waals surface area contributed by atoms with Crippen LogP contribution in [-0.4, -0.2) is 27.3 Å². The van der Waals surface area contributed by atoms with Crippen molar-refractivity contribution in [1.29, 1.82) is 0 Å². The number of nitrogens with zero attached hydrogens (tertiary/aromatic N) is 2. The van der Waals surface area contributed by atoms with E-state index in [9.17, 15) is 4.79 Å². The van der Waals surface area contributed by atoms with Gasteiger partial charge in [-0.25, -0.2) is 9.97 Å². The highest BCUT2D eigenvalue weighted by Crippen LogP contribution is 2.27. The number of aromatic nitrogens is 3. The van der Waals surface area contributed by atoms with E-state index in [1.165, 1.54) is 6.33 Å². The minimum absolute atomic E-state index is 0.0169. The lowest BCUT2D eigenvalue weighted by Gasteiger charge is -2.18. The Morgan fingerprint density at radius 3 is 2.74 bits per heavy atom. The number of carbonyl (C=O) groups is 1. The van der Waals surface area contributed by atoms with Crippen LogP contribution in [0, 0.1) is 11.3 Å². The van der Waals surface area contributed by atoms with E-state index in [-0.39, 0.29) is 17.1 Å². The van der Waals surface area contributed by atoms with E-state index in [0.29, 0.717) is 18.9 Å². The van der Waals surface area contributed by atoms with Crippen molar-refractivity contribution in [3.8, 4) is 5.88 Å². The third-order valence-electron chi connectivity index (χ3n) is 3.35. The first-order valence-electron chi connectivity index (χ1n) is 7.92. The minimum Gasteiger partial charge on any atom is -0.477 e. The van der Waals surface area contributed by atoms with Gasteiger partial charge in [-0.05, 0) is 23.5 Å². The highest BCUT2D eigenvalue weighted by molar-refractivity contribution is 5.91. The van der Waals surface area contributed by atoms with Crippen LogP contribution in [-0.2, 0) is 11.2 Å². The summed E-state index contributed by atoms with van der Waals surface area (Å²) in [6, 6.07) is 0. The van der Waals surface area contributed by atoms with Crippen LogP contribution < -0.4 is 4.74 Å². The fraction of sp³-hybridized carbons (Fsp3) is 0.500. The Kier molecular flexibility index (Phi) is 5.19. The summed E-state index contributed by atoms with van der Waals surface area (Å²) in [5, 5.41) is 0.887. The van der Waals surface area contributed by atoms with Crippen LogP contribution in [0.2, 0.25) is 0 Å². The lowest BCUT2D eigenvalue weighted by atomic mass is 9.99. The molecule has 2 heterocycles. The zero-order valence-electron chi connectivity index (χ0n) is 14.5. The molecule has 0 saturated heterocycles. The van der Waals surface area contributed by atoms with Crippen molar-refractivity contribution in [3.05, 3.63) is 30.2 Å². The molecule has 0 saturated carbocycles. The van der Waals surface area contributed by atoms with Crippen molar-refractivity contribution in [2.45, 2.75) is 41.0 Å². The molecule has 5 heteroatoms. The lowest BCUT2D eigenvalue weighted by molar-refractivity contribution is -0.117. The second kappa shape index (κ2) is 6.94. The highest BCUT2D eigenvalue weighted by Gasteiger charge is 2.16. The maximum Gasteiger partial charge on any atom is 0.226 e. The van der Waals surface area contributed by atoms with Gasteiger partial charge in [-0.15, -0.1) is 0 Å². The van der Waals surface area contributed by atoms with Gasteiger partial charge < -0.3 is 9.72 Å². The average molecular weight is 315 g/mol. The maximum absolute atomic E-state index is 11.7. The molecule has 2 aromatic heterocycles. The molecular formula is C18H25N3O2. The summed E-state index contributed by atoms with van der Waals surface area (Å²) in [7, 11) is 0. The molecule has 0 fully saturated rings. The van der Waals surface area contributed by atoms with Crippen molar-refractivity contribution in [1.82, 2.24) is 15.0 Å². The highest BCUT2D eigenvalue weighted by atomic mass is 16.5. The Morgan fingerprint density at radius 1 is 1.35 bits per heavy atom. The summed E-state index contributed by atoms with van der Waals surface area (Å²) in [6.07, 6.45) is 7.55. The topological polar surface area (TPSA) is 67.9 Å². The average Bonchev–Trinajstić information content (AvgIpc) is 2.88. The van der Waals surface area contributed by atoms with Crippen LogP contribution in [0.15, 0.2) is 24.7 Å². The molecule has 2 aromatic rings. The quantitative estimate of drug-likeness (QED) is 0.825. The van der Waals surface area contributed by atoms with Gasteiger partial charge in [-0.3, -0.25) is 4.79 Å². The molecule has 5 nitrogen and oxygen atoms in total. The molecule has 0 aliphatic rings. The molecule has 0 bridgehead atoms. The fourth-order valence-corrected chi connectivity index (χ4v) is 2.05. The monoisotopic (exact) mass is 315 g/mol. The number of ether oxygens (including phenoxy) is 1. The van der Waals surface area contributed by atoms with Crippen molar-refractivity contribution in [2.75, 3.05) is 6.61 Å². The number of ketones is 1. The van der Waals surface area contributed by atoms with Gasteiger partial charge in [0.15, 0.2) is 5.78 Å². The summed E-state index contributed by atoms with van der Waals surface area (Å²) < 4.78 is 5.89. The van der Waals surface area contributed by atoms with Gasteiger partial charge in [0.05, 0.1) is 12.0 Å². The largest absolute Gasteiger partial charge is 0.477 e. The van der Waals surface area contributed by atoms with Crippen molar-refractivity contribution >= 4 is 16.8 Å². The first-order valence-corrected chi connectivity index (χ1v) is 7.92. The van der Waals surface area contributed by atoms with Crippen LogP contribution in [0.4, 0.5) is 0 Å². The Morgan fingerprint density at radius 2 is 2.09 bits per heavy atom. The number of hydrogen-bond acceptors (Lipinski definition) is 4. The molecule has 0 radical (unpaired) electrons. The van der Waals surface area contributed by atoms with Gasteiger partial charge >= 0.3 is 0 Å². The predicted molar refractivity (Wildman–Crippen MR) is 91.5 cm³/mol. The van der Waals surface area contributed by atoms with Crippen LogP contribution >= 0.6 is 0 Å². The van der Waals surface area contributed by atoms with Crippen LogP contribution in [0.25, 0.3) is 11.0 Å². The first-order chi connectivity index (χ1) is 10.8. The van der Waals surface area contributed by atoms with Gasteiger partial charge in [0.2, 0.25) is 5.88 Å². The number of hydrogen-bond donors (Lipinski definition) is 1. The third-order valence-corrected chi connectivity index (χ3v) is 3.35. The molecule has 0 aliphatic heterocycles. The molecule has 0 unspecified atom stereocenters. The summed E-state index contributed by atoms with van der Waals surface area (Å²) in [5.41, 5.74) is 1.83. The summed E-state index contributed by atoms with van der Waals surface area (Å²) >= 11 is 0. The molecule has 124 valence electrons. The molecule has 0 amide bonds. The summed E-state index contributed by atoms with van der Waals surface area (Å²) in [5.74, 6) is 0.735. The van der Waals surface area contributed by atoms with Gasteiger partial charge in [-0.2, -0.15) is 0 Å². The molecule has 0 aromatic carbocycles.